The average Bonchev–Trinajstić information content (AvgIpc) is 2.89. The fraction of sp³-hybridized carbons (Fsp3) is 0.697. The first-order valence-electron chi connectivity index (χ1n) is 14.7. The van der Waals surface area contributed by atoms with Gasteiger partial charge in [0, 0.05) is 0 Å². The molecule has 3 saturated carbocycles. The Labute approximate surface area is 205 Å². The summed E-state index contributed by atoms with van der Waals surface area (Å²) < 4.78 is 0. The number of unbranched alkanes of at least 4 members (excludes halogenated alkanes) is 2. The predicted molar refractivity (Wildman–Crippen MR) is 145 cm³/mol. The van der Waals surface area contributed by atoms with Crippen molar-refractivity contribution in [1.82, 2.24) is 0 Å². The SMILES string of the molecule is C=CC1CCC(c2ccc(/C=C/C3CCC(C4CCC(CCCCC)CC4)CC3)cc2)CC1. The molecule has 182 valence electrons. The van der Waals surface area contributed by atoms with Gasteiger partial charge in [-0.05, 0) is 111 Å². The van der Waals surface area contributed by atoms with Crippen molar-refractivity contribution >= 4 is 6.08 Å². The molecule has 3 aliphatic carbocycles. The van der Waals surface area contributed by atoms with E-state index >= 15 is 0 Å². The van der Waals surface area contributed by atoms with E-state index in [1.807, 2.05) is 0 Å². The molecule has 0 radical (unpaired) electrons. The van der Waals surface area contributed by atoms with Crippen LogP contribution in [0.2, 0.25) is 0 Å². The van der Waals surface area contributed by atoms with Crippen molar-refractivity contribution in [2.24, 2.45) is 29.6 Å². The molecule has 1 aromatic carbocycles. The van der Waals surface area contributed by atoms with E-state index in [1.54, 1.807) is 5.56 Å². The Hall–Kier alpha value is -1.30. The Morgan fingerprint density at radius 1 is 0.727 bits per heavy atom. The van der Waals surface area contributed by atoms with Gasteiger partial charge in [-0.1, -0.05) is 87.9 Å². The zero-order valence-electron chi connectivity index (χ0n) is 21.5. The molecular weight excluding hydrogens is 396 g/mol. The third kappa shape index (κ3) is 7.34. The summed E-state index contributed by atoms with van der Waals surface area (Å²) in [5.74, 6) is 5.46. The molecule has 0 aliphatic heterocycles. The molecule has 0 atom stereocenters. The first kappa shape index (κ1) is 24.8. The molecule has 1 aromatic rings. The van der Waals surface area contributed by atoms with Crippen LogP contribution in [0.1, 0.15) is 127 Å². The van der Waals surface area contributed by atoms with Crippen molar-refractivity contribution in [2.75, 3.05) is 0 Å². The molecule has 0 saturated heterocycles. The Morgan fingerprint density at radius 3 is 1.94 bits per heavy atom. The first-order chi connectivity index (χ1) is 16.2. The third-order valence-electron chi connectivity index (χ3n) is 9.66. The van der Waals surface area contributed by atoms with E-state index in [-0.39, 0.29) is 0 Å². The van der Waals surface area contributed by atoms with Crippen molar-refractivity contribution in [1.29, 1.82) is 0 Å². The molecular formula is C33H50. The minimum Gasteiger partial charge on any atom is -0.103 e. The summed E-state index contributed by atoms with van der Waals surface area (Å²) in [6.45, 7) is 6.32. The lowest BCUT2D eigenvalue weighted by Gasteiger charge is -2.37. The quantitative estimate of drug-likeness (QED) is 0.261. The van der Waals surface area contributed by atoms with Crippen LogP contribution in [0.3, 0.4) is 0 Å². The summed E-state index contributed by atoms with van der Waals surface area (Å²) in [6.07, 6.45) is 30.1. The van der Waals surface area contributed by atoms with E-state index in [0.29, 0.717) is 0 Å². The maximum absolute atomic E-state index is 3.99. The second kappa shape index (κ2) is 13.0. The highest BCUT2D eigenvalue weighted by Crippen LogP contribution is 2.42. The van der Waals surface area contributed by atoms with Gasteiger partial charge in [0.2, 0.25) is 0 Å². The van der Waals surface area contributed by atoms with Gasteiger partial charge < -0.3 is 0 Å². The number of rotatable bonds is 9. The molecule has 4 rings (SSSR count). The van der Waals surface area contributed by atoms with Gasteiger partial charge >= 0.3 is 0 Å². The molecule has 0 aromatic heterocycles. The average molecular weight is 447 g/mol. The van der Waals surface area contributed by atoms with Crippen LogP contribution in [0.5, 0.6) is 0 Å². The van der Waals surface area contributed by atoms with Crippen LogP contribution in [0.15, 0.2) is 43.0 Å². The smallest absolute Gasteiger partial charge is 0.0162 e. The topological polar surface area (TPSA) is 0 Å². The van der Waals surface area contributed by atoms with Gasteiger partial charge in [-0.15, -0.1) is 6.58 Å². The van der Waals surface area contributed by atoms with E-state index in [4.69, 9.17) is 0 Å². The summed E-state index contributed by atoms with van der Waals surface area (Å²) >= 11 is 0. The van der Waals surface area contributed by atoms with Crippen LogP contribution in [0.4, 0.5) is 0 Å². The zero-order valence-corrected chi connectivity index (χ0v) is 21.5. The van der Waals surface area contributed by atoms with Crippen molar-refractivity contribution in [2.45, 2.75) is 116 Å². The highest BCUT2D eigenvalue weighted by atomic mass is 14.4. The van der Waals surface area contributed by atoms with Crippen LogP contribution >= 0.6 is 0 Å². The monoisotopic (exact) mass is 446 g/mol. The molecule has 0 amide bonds. The summed E-state index contributed by atoms with van der Waals surface area (Å²) in [6, 6.07) is 9.51. The molecule has 0 spiro atoms. The van der Waals surface area contributed by atoms with E-state index in [0.717, 1.165) is 35.5 Å². The number of benzene rings is 1. The minimum atomic E-state index is 0.754. The van der Waals surface area contributed by atoms with E-state index in [1.165, 1.54) is 108 Å². The van der Waals surface area contributed by atoms with Crippen LogP contribution in [-0.2, 0) is 0 Å². The fourth-order valence-electron chi connectivity index (χ4n) is 7.25. The van der Waals surface area contributed by atoms with Gasteiger partial charge in [0.1, 0.15) is 0 Å². The van der Waals surface area contributed by atoms with Crippen LogP contribution < -0.4 is 0 Å². The number of hydrogen-bond donors (Lipinski definition) is 0. The Morgan fingerprint density at radius 2 is 1.33 bits per heavy atom. The van der Waals surface area contributed by atoms with Gasteiger partial charge in [0.25, 0.3) is 0 Å². The van der Waals surface area contributed by atoms with E-state index in [9.17, 15) is 0 Å². The van der Waals surface area contributed by atoms with Gasteiger partial charge in [-0.3, -0.25) is 0 Å². The summed E-state index contributed by atoms with van der Waals surface area (Å²) in [5.41, 5.74) is 2.94. The zero-order chi connectivity index (χ0) is 22.9. The highest BCUT2D eigenvalue weighted by molar-refractivity contribution is 5.50. The van der Waals surface area contributed by atoms with Gasteiger partial charge in [-0.2, -0.15) is 0 Å². The van der Waals surface area contributed by atoms with Crippen molar-refractivity contribution in [3.05, 3.63) is 54.1 Å². The molecule has 33 heavy (non-hydrogen) atoms. The number of allylic oxidation sites excluding steroid dienone is 2. The second-order valence-corrected chi connectivity index (χ2v) is 11.8. The summed E-state index contributed by atoms with van der Waals surface area (Å²) in [7, 11) is 0. The molecule has 0 heteroatoms. The van der Waals surface area contributed by atoms with E-state index in [2.05, 4.69) is 56.0 Å². The molecule has 0 heterocycles. The van der Waals surface area contributed by atoms with Crippen molar-refractivity contribution in [3.63, 3.8) is 0 Å². The van der Waals surface area contributed by atoms with Crippen molar-refractivity contribution < 1.29 is 0 Å². The first-order valence-corrected chi connectivity index (χ1v) is 14.7. The summed E-state index contributed by atoms with van der Waals surface area (Å²) in [4.78, 5) is 0. The molecule has 3 fully saturated rings. The lowest BCUT2D eigenvalue weighted by atomic mass is 9.68. The largest absolute Gasteiger partial charge is 0.103 e. The normalized spacial score (nSPS) is 33.2. The predicted octanol–water partition coefficient (Wildman–Crippen LogP) is 10.4. The molecule has 0 unspecified atom stereocenters. The minimum absolute atomic E-state index is 0.754. The summed E-state index contributed by atoms with van der Waals surface area (Å²) in [5, 5.41) is 0. The lowest BCUT2D eigenvalue weighted by molar-refractivity contribution is 0.151. The molecule has 0 N–H and O–H groups in total. The standard InChI is InChI=1S/C33H50/c1-3-5-6-7-27-12-20-31(21-13-27)33-24-16-29(17-25-33)9-8-28-14-22-32(23-15-28)30-18-10-26(4-2)11-19-30/h4,8-9,14-15,22-23,26-27,29-31,33H,2-3,5-7,10-13,16-21,24-25H2,1H3/b9-8+. The second-order valence-electron chi connectivity index (χ2n) is 11.8. The maximum atomic E-state index is 3.99. The highest BCUT2D eigenvalue weighted by Gasteiger charge is 2.30. The molecule has 0 nitrogen and oxygen atoms in total. The van der Waals surface area contributed by atoms with Gasteiger partial charge in [0.05, 0.1) is 0 Å². The molecule has 3 aliphatic rings. The van der Waals surface area contributed by atoms with Crippen LogP contribution in [0, 0.1) is 29.6 Å². The van der Waals surface area contributed by atoms with Gasteiger partial charge in [0.15, 0.2) is 0 Å². The molecule has 0 bridgehead atoms. The van der Waals surface area contributed by atoms with Gasteiger partial charge in [-0.25, -0.2) is 0 Å². The van der Waals surface area contributed by atoms with Crippen LogP contribution in [-0.4, -0.2) is 0 Å². The lowest BCUT2D eigenvalue weighted by Crippen LogP contribution is -2.25. The third-order valence-corrected chi connectivity index (χ3v) is 9.66. The fourth-order valence-corrected chi connectivity index (χ4v) is 7.25. The Bertz CT molecular complexity index is 701. The van der Waals surface area contributed by atoms with Crippen LogP contribution in [0.25, 0.3) is 6.08 Å². The maximum Gasteiger partial charge on any atom is -0.0162 e. The van der Waals surface area contributed by atoms with E-state index < -0.39 is 0 Å². The Kier molecular flexibility index (Phi) is 9.75. The number of hydrogen-bond acceptors (Lipinski definition) is 0. The Balaban J connectivity index is 1.16. The van der Waals surface area contributed by atoms with Crippen molar-refractivity contribution in [3.8, 4) is 0 Å².